The predicted molar refractivity (Wildman–Crippen MR) is 78.5 cm³/mol. The van der Waals surface area contributed by atoms with Crippen LogP contribution in [0.2, 0.25) is 5.02 Å². The molecule has 0 aliphatic carbocycles. The van der Waals surface area contributed by atoms with Crippen molar-refractivity contribution in [2.45, 2.75) is 25.3 Å². The summed E-state index contributed by atoms with van der Waals surface area (Å²) in [6, 6.07) is 3.89. The number of halogens is 2. The minimum Gasteiger partial charge on any atom is -0.347 e. The fourth-order valence-electron chi connectivity index (χ4n) is 2.57. The van der Waals surface area contributed by atoms with Crippen molar-refractivity contribution in [1.82, 2.24) is 9.80 Å². The van der Waals surface area contributed by atoms with E-state index in [0.29, 0.717) is 13.0 Å². The largest absolute Gasteiger partial charge is 0.347 e. The Morgan fingerprint density at radius 1 is 1.43 bits per heavy atom. The lowest BCUT2D eigenvalue weighted by atomic mass is 10.1. The van der Waals surface area contributed by atoms with Gasteiger partial charge in [-0.3, -0.25) is 9.59 Å². The molecule has 0 spiro atoms. The molecule has 0 saturated carbocycles. The van der Waals surface area contributed by atoms with Gasteiger partial charge < -0.3 is 9.80 Å². The van der Waals surface area contributed by atoms with Gasteiger partial charge in [-0.15, -0.1) is 0 Å². The van der Waals surface area contributed by atoms with E-state index in [2.05, 4.69) is 0 Å². The van der Waals surface area contributed by atoms with Crippen LogP contribution in [0, 0.1) is 5.82 Å². The molecule has 2 rings (SSSR count). The zero-order chi connectivity index (χ0) is 15.6. The van der Waals surface area contributed by atoms with Crippen LogP contribution in [0.1, 0.15) is 18.4 Å². The topological polar surface area (TPSA) is 40.6 Å². The maximum absolute atomic E-state index is 13.8. The first-order chi connectivity index (χ1) is 9.91. The van der Waals surface area contributed by atoms with Gasteiger partial charge in [0.25, 0.3) is 0 Å². The number of carbonyl (C=O) groups excluding carboxylic acids is 2. The van der Waals surface area contributed by atoms with Crippen LogP contribution in [0.5, 0.6) is 0 Å². The summed E-state index contributed by atoms with van der Waals surface area (Å²) in [7, 11) is 3.33. The van der Waals surface area contributed by atoms with Crippen LogP contribution in [0.25, 0.3) is 0 Å². The van der Waals surface area contributed by atoms with Crippen LogP contribution in [0.15, 0.2) is 18.2 Å². The molecular formula is C15H18ClFN2O2. The van der Waals surface area contributed by atoms with Gasteiger partial charge in [0.15, 0.2) is 0 Å². The molecule has 1 aromatic rings. The van der Waals surface area contributed by atoms with Crippen LogP contribution in [-0.2, 0) is 16.0 Å². The zero-order valence-electron chi connectivity index (χ0n) is 12.1. The average molecular weight is 313 g/mol. The van der Waals surface area contributed by atoms with Crippen LogP contribution < -0.4 is 0 Å². The number of hydrogen-bond acceptors (Lipinski definition) is 2. The molecule has 6 heteroatoms. The number of nitrogens with zero attached hydrogens (tertiary/aromatic N) is 2. The first-order valence-corrected chi connectivity index (χ1v) is 7.23. The molecule has 0 N–H and O–H groups in total. The third-order valence-electron chi connectivity index (χ3n) is 3.69. The summed E-state index contributed by atoms with van der Waals surface area (Å²) < 4.78 is 13.8. The maximum Gasteiger partial charge on any atom is 0.244 e. The quantitative estimate of drug-likeness (QED) is 0.857. The normalized spacial score (nSPS) is 17.9. The van der Waals surface area contributed by atoms with E-state index in [0.717, 1.165) is 6.42 Å². The van der Waals surface area contributed by atoms with E-state index in [1.807, 2.05) is 0 Å². The van der Waals surface area contributed by atoms with Gasteiger partial charge in [0.2, 0.25) is 11.8 Å². The Balaban J connectivity index is 2.14. The van der Waals surface area contributed by atoms with Crippen molar-refractivity contribution >= 4 is 23.4 Å². The molecule has 1 fully saturated rings. The van der Waals surface area contributed by atoms with Gasteiger partial charge in [-0.2, -0.15) is 0 Å². The SMILES string of the molecule is CN(C)C(=O)C1CCCN1C(=O)Cc1c(F)cccc1Cl. The fourth-order valence-corrected chi connectivity index (χ4v) is 2.80. The van der Waals surface area contributed by atoms with Gasteiger partial charge in [0, 0.05) is 31.2 Å². The Hall–Kier alpha value is -1.62. The molecule has 1 saturated heterocycles. The lowest BCUT2D eigenvalue weighted by molar-refractivity contribution is -0.141. The van der Waals surface area contributed by atoms with Crippen LogP contribution in [0.3, 0.4) is 0 Å². The zero-order valence-corrected chi connectivity index (χ0v) is 12.9. The highest BCUT2D eigenvalue weighted by Gasteiger charge is 2.35. The van der Waals surface area contributed by atoms with Crippen molar-refractivity contribution in [2.24, 2.45) is 0 Å². The van der Waals surface area contributed by atoms with Gasteiger partial charge in [0.1, 0.15) is 11.9 Å². The van der Waals surface area contributed by atoms with Crippen molar-refractivity contribution in [2.75, 3.05) is 20.6 Å². The summed E-state index contributed by atoms with van der Waals surface area (Å²) in [6.45, 7) is 0.523. The summed E-state index contributed by atoms with van der Waals surface area (Å²) in [4.78, 5) is 27.5. The number of likely N-dealkylation sites (tertiary alicyclic amines) is 1. The van der Waals surface area contributed by atoms with E-state index in [-0.39, 0.29) is 28.8 Å². The van der Waals surface area contributed by atoms with Crippen molar-refractivity contribution in [3.8, 4) is 0 Å². The fraction of sp³-hybridized carbons (Fsp3) is 0.467. The monoisotopic (exact) mass is 312 g/mol. The van der Waals surface area contributed by atoms with Gasteiger partial charge in [-0.25, -0.2) is 4.39 Å². The second kappa shape index (κ2) is 6.43. The van der Waals surface area contributed by atoms with E-state index in [9.17, 15) is 14.0 Å². The van der Waals surface area contributed by atoms with E-state index in [4.69, 9.17) is 11.6 Å². The molecule has 1 atom stereocenters. The van der Waals surface area contributed by atoms with Crippen LogP contribution in [-0.4, -0.2) is 48.3 Å². The Labute approximate surface area is 128 Å². The Bertz CT molecular complexity index is 542. The molecule has 1 aliphatic heterocycles. The third-order valence-corrected chi connectivity index (χ3v) is 4.04. The molecule has 0 aromatic heterocycles. The Morgan fingerprint density at radius 2 is 2.14 bits per heavy atom. The van der Waals surface area contributed by atoms with E-state index in [1.165, 1.54) is 21.9 Å². The number of likely N-dealkylation sites (N-methyl/N-ethyl adjacent to an activating group) is 1. The van der Waals surface area contributed by atoms with Gasteiger partial charge in [-0.1, -0.05) is 17.7 Å². The molecule has 21 heavy (non-hydrogen) atoms. The molecule has 1 unspecified atom stereocenters. The first-order valence-electron chi connectivity index (χ1n) is 6.85. The lowest BCUT2D eigenvalue weighted by Crippen LogP contribution is -2.46. The van der Waals surface area contributed by atoms with Crippen molar-refractivity contribution in [3.63, 3.8) is 0 Å². The molecule has 1 heterocycles. The second-order valence-corrected chi connectivity index (χ2v) is 5.76. The molecule has 1 aromatic carbocycles. The van der Waals surface area contributed by atoms with E-state index < -0.39 is 11.9 Å². The van der Waals surface area contributed by atoms with Gasteiger partial charge >= 0.3 is 0 Å². The Kier molecular flexibility index (Phi) is 4.83. The standard InChI is InChI=1S/C15H18ClFN2O2/c1-18(2)15(21)13-7-4-8-19(13)14(20)9-10-11(16)5-3-6-12(10)17/h3,5-6,13H,4,7-9H2,1-2H3. The minimum absolute atomic E-state index is 0.0968. The van der Waals surface area contributed by atoms with Crippen LogP contribution >= 0.6 is 11.6 Å². The number of rotatable bonds is 3. The highest BCUT2D eigenvalue weighted by molar-refractivity contribution is 6.31. The van der Waals surface area contributed by atoms with Crippen molar-refractivity contribution in [3.05, 3.63) is 34.6 Å². The summed E-state index contributed by atoms with van der Waals surface area (Å²) >= 11 is 5.94. The van der Waals surface area contributed by atoms with Crippen molar-refractivity contribution < 1.29 is 14.0 Å². The molecule has 2 amide bonds. The number of hydrogen-bond donors (Lipinski definition) is 0. The van der Waals surface area contributed by atoms with Gasteiger partial charge in [0.05, 0.1) is 6.42 Å². The third kappa shape index (κ3) is 3.35. The molecule has 4 nitrogen and oxygen atoms in total. The molecule has 114 valence electrons. The number of carbonyl (C=O) groups is 2. The molecular weight excluding hydrogens is 295 g/mol. The molecule has 1 aliphatic rings. The van der Waals surface area contributed by atoms with Gasteiger partial charge in [-0.05, 0) is 25.0 Å². The summed E-state index contributed by atoms with van der Waals surface area (Å²) in [6.07, 6.45) is 1.30. The minimum atomic E-state index is -0.495. The maximum atomic E-state index is 13.8. The molecule has 0 radical (unpaired) electrons. The second-order valence-electron chi connectivity index (χ2n) is 5.35. The number of benzene rings is 1. The summed E-state index contributed by atoms with van der Waals surface area (Å²) in [5.41, 5.74) is 0.187. The first kappa shape index (κ1) is 15.8. The predicted octanol–water partition coefficient (Wildman–Crippen LogP) is 2.10. The number of amides is 2. The molecule has 0 bridgehead atoms. The lowest BCUT2D eigenvalue weighted by Gasteiger charge is -2.26. The van der Waals surface area contributed by atoms with Crippen LogP contribution in [0.4, 0.5) is 4.39 Å². The van der Waals surface area contributed by atoms with E-state index in [1.54, 1.807) is 20.2 Å². The van der Waals surface area contributed by atoms with Crippen molar-refractivity contribution in [1.29, 1.82) is 0 Å². The Morgan fingerprint density at radius 3 is 2.76 bits per heavy atom. The average Bonchev–Trinajstić information content (AvgIpc) is 2.91. The summed E-state index contributed by atoms with van der Waals surface area (Å²) in [5.74, 6) is -0.856. The smallest absolute Gasteiger partial charge is 0.244 e. The highest BCUT2D eigenvalue weighted by Crippen LogP contribution is 2.24. The van der Waals surface area contributed by atoms with E-state index >= 15 is 0 Å². The summed E-state index contributed by atoms with van der Waals surface area (Å²) in [5, 5.41) is 0.234. The highest BCUT2D eigenvalue weighted by atomic mass is 35.5.